The Morgan fingerprint density at radius 2 is 2.23 bits per heavy atom. The zero-order valence-corrected chi connectivity index (χ0v) is 14.0. The SMILES string of the molecule is CN=C(NCCOc1ccc(Cl)cc1)N(C)CC1CCOC1. The second-order valence-corrected chi connectivity index (χ2v) is 5.82. The number of nitrogens with zero attached hydrogens (tertiary/aromatic N) is 2. The summed E-state index contributed by atoms with van der Waals surface area (Å²) in [5.41, 5.74) is 0. The van der Waals surface area contributed by atoms with E-state index in [1.165, 1.54) is 0 Å². The van der Waals surface area contributed by atoms with Gasteiger partial charge in [-0.15, -0.1) is 0 Å². The molecule has 1 N–H and O–H groups in total. The summed E-state index contributed by atoms with van der Waals surface area (Å²) in [7, 11) is 3.84. The van der Waals surface area contributed by atoms with Crippen molar-refractivity contribution in [2.75, 3.05) is 47.0 Å². The summed E-state index contributed by atoms with van der Waals surface area (Å²) in [6, 6.07) is 7.37. The molecule has 5 nitrogen and oxygen atoms in total. The third-order valence-corrected chi connectivity index (χ3v) is 3.85. The fourth-order valence-electron chi connectivity index (χ4n) is 2.45. The Morgan fingerprint density at radius 1 is 1.45 bits per heavy atom. The molecule has 1 unspecified atom stereocenters. The van der Waals surface area contributed by atoms with Crippen LogP contribution in [-0.4, -0.2) is 57.9 Å². The van der Waals surface area contributed by atoms with Gasteiger partial charge in [-0.1, -0.05) is 11.6 Å². The molecule has 1 fully saturated rings. The van der Waals surface area contributed by atoms with Crippen molar-refractivity contribution in [2.24, 2.45) is 10.9 Å². The lowest BCUT2D eigenvalue weighted by Crippen LogP contribution is -2.42. The molecule has 122 valence electrons. The first-order valence-electron chi connectivity index (χ1n) is 7.57. The molecule has 1 aliphatic rings. The van der Waals surface area contributed by atoms with Crippen molar-refractivity contribution in [3.8, 4) is 5.75 Å². The molecular weight excluding hydrogens is 302 g/mol. The topological polar surface area (TPSA) is 46.1 Å². The van der Waals surface area contributed by atoms with Gasteiger partial charge in [-0.05, 0) is 30.7 Å². The van der Waals surface area contributed by atoms with Gasteiger partial charge in [-0.3, -0.25) is 4.99 Å². The minimum absolute atomic E-state index is 0.570. The van der Waals surface area contributed by atoms with E-state index in [1.807, 2.05) is 31.3 Å². The van der Waals surface area contributed by atoms with Crippen LogP contribution in [0.3, 0.4) is 0 Å². The summed E-state index contributed by atoms with van der Waals surface area (Å²) in [4.78, 5) is 6.44. The molecule has 0 bridgehead atoms. The van der Waals surface area contributed by atoms with Crippen molar-refractivity contribution in [3.63, 3.8) is 0 Å². The highest BCUT2D eigenvalue weighted by Gasteiger charge is 2.18. The number of guanidine groups is 1. The number of ether oxygens (including phenoxy) is 2. The highest BCUT2D eigenvalue weighted by Crippen LogP contribution is 2.15. The average Bonchev–Trinajstić information content (AvgIpc) is 3.02. The van der Waals surface area contributed by atoms with Gasteiger partial charge in [0.2, 0.25) is 0 Å². The molecule has 1 heterocycles. The zero-order valence-electron chi connectivity index (χ0n) is 13.2. The van der Waals surface area contributed by atoms with E-state index in [1.54, 1.807) is 7.05 Å². The van der Waals surface area contributed by atoms with E-state index < -0.39 is 0 Å². The maximum absolute atomic E-state index is 5.84. The number of aliphatic imine (C=N–C) groups is 1. The van der Waals surface area contributed by atoms with Crippen molar-refractivity contribution in [1.82, 2.24) is 10.2 Å². The first-order valence-corrected chi connectivity index (χ1v) is 7.94. The minimum Gasteiger partial charge on any atom is -0.492 e. The van der Waals surface area contributed by atoms with Gasteiger partial charge in [0, 0.05) is 38.2 Å². The van der Waals surface area contributed by atoms with Crippen LogP contribution in [0.4, 0.5) is 0 Å². The van der Waals surface area contributed by atoms with Crippen molar-refractivity contribution in [3.05, 3.63) is 29.3 Å². The minimum atomic E-state index is 0.570. The predicted octanol–water partition coefficient (Wildman–Crippen LogP) is 2.26. The molecule has 0 aromatic heterocycles. The van der Waals surface area contributed by atoms with Crippen LogP contribution in [-0.2, 0) is 4.74 Å². The van der Waals surface area contributed by atoms with E-state index in [-0.39, 0.29) is 0 Å². The summed E-state index contributed by atoms with van der Waals surface area (Å²) < 4.78 is 11.1. The summed E-state index contributed by atoms with van der Waals surface area (Å²) in [6.45, 7) is 3.94. The van der Waals surface area contributed by atoms with Crippen molar-refractivity contribution >= 4 is 17.6 Å². The number of nitrogens with one attached hydrogen (secondary N) is 1. The van der Waals surface area contributed by atoms with Crippen molar-refractivity contribution in [1.29, 1.82) is 0 Å². The molecule has 1 aliphatic heterocycles. The monoisotopic (exact) mass is 325 g/mol. The van der Waals surface area contributed by atoms with Gasteiger partial charge in [0.05, 0.1) is 13.2 Å². The fraction of sp³-hybridized carbons (Fsp3) is 0.562. The normalized spacial score (nSPS) is 18.3. The number of hydrogen-bond donors (Lipinski definition) is 1. The Morgan fingerprint density at radius 3 is 2.86 bits per heavy atom. The van der Waals surface area contributed by atoms with Gasteiger partial charge in [-0.2, -0.15) is 0 Å². The van der Waals surface area contributed by atoms with Gasteiger partial charge in [0.1, 0.15) is 12.4 Å². The summed E-state index contributed by atoms with van der Waals surface area (Å²) in [6.07, 6.45) is 1.13. The van der Waals surface area contributed by atoms with Crippen LogP contribution in [0.1, 0.15) is 6.42 Å². The maximum atomic E-state index is 5.84. The highest BCUT2D eigenvalue weighted by molar-refractivity contribution is 6.30. The lowest BCUT2D eigenvalue weighted by molar-refractivity contribution is 0.181. The first kappa shape index (κ1) is 16.9. The molecule has 0 saturated carbocycles. The summed E-state index contributed by atoms with van der Waals surface area (Å²) in [5.74, 6) is 2.29. The molecule has 6 heteroatoms. The molecular formula is C16H24ClN3O2. The standard InChI is InChI=1S/C16H24ClN3O2/c1-18-16(20(2)11-13-7-9-21-12-13)19-8-10-22-15-5-3-14(17)4-6-15/h3-6,13H,7-12H2,1-2H3,(H,18,19). The summed E-state index contributed by atoms with van der Waals surface area (Å²) >= 11 is 5.84. The van der Waals surface area contributed by atoms with E-state index in [2.05, 4.69) is 15.2 Å². The second-order valence-electron chi connectivity index (χ2n) is 5.39. The van der Waals surface area contributed by atoms with Gasteiger partial charge in [0.15, 0.2) is 5.96 Å². The molecule has 1 atom stereocenters. The third-order valence-electron chi connectivity index (χ3n) is 3.60. The highest BCUT2D eigenvalue weighted by atomic mass is 35.5. The van der Waals surface area contributed by atoms with Crippen molar-refractivity contribution < 1.29 is 9.47 Å². The Kier molecular flexibility index (Phi) is 6.80. The maximum Gasteiger partial charge on any atom is 0.193 e. The number of halogens is 1. The van der Waals surface area contributed by atoms with Crippen LogP contribution < -0.4 is 10.1 Å². The Bertz CT molecular complexity index is 473. The van der Waals surface area contributed by atoms with E-state index in [0.29, 0.717) is 24.1 Å². The second kappa shape index (κ2) is 8.86. The van der Waals surface area contributed by atoms with Crippen LogP contribution >= 0.6 is 11.6 Å². The van der Waals surface area contributed by atoms with E-state index in [4.69, 9.17) is 21.1 Å². The van der Waals surface area contributed by atoms with Gasteiger partial charge < -0.3 is 19.7 Å². The Hall–Kier alpha value is -1.46. The van der Waals surface area contributed by atoms with E-state index >= 15 is 0 Å². The molecule has 22 heavy (non-hydrogen) atoms. The molecule has 1 aromatic carbocycles. The first-order chi connectivity index (χ1) is 10.7. The molecule has 0 spiro atoms. The number of hydrogen-bond acceptors (Lipinski definition) is 3. The predicted molar refractivity (Wildman–Crippen MR) is 89.9 cm³/mol. The Balaban J connectivity index is 1.68. The number of rotatable bonds is 6. The molecule has 1 saturated heterocycles. The van der Waals surface area contributed by atoms with Crippen LogP contribution in [0.2, 0.25) is 5.02 Å². The van der Waals surface area contributed by atoms with Gasteiger partial charge in [0.25, 0.3) is 0 Å². The number of benzene rings is 1. The molecule has 1 aromatic rings. The molecule has 2 rings (SSSR count). The van der Waals surface area contributed by atoms with Crippen molar-refractivity contribution in [2.45, 2.75) is 6.42 Å². The quantitative estimate of drug-likeness (QED) is 0.495. The fourth-order valence-corrected chi connectivity index (χ4v) is 2.57. The Labute approximate surface area is 137 Å². The van der Waals surface area contributed by atoms with Crippen LogP contribution in [0.25, 0.3) is 0 Å². The van der Waals surface area contributed by atoms with Crippen LogP contribution in [0.15, 0.2) is 29.3 Å². The largest absolute Gasteiger partial charge is 0.492 e. The third kappa shape index (κ3) is 5.39. The van der Waals surface area contributed by atoms with Gasteiger partial charge >= 0.3 is 0 Å². The van der Waals surface area contributed by atoms with Crippen LogP contribution in [0, 0.1) is 5.92 Å². The zero-order chi connectivity index (χ0) is 15.8. The smallest absolute Gasteiger partial charge is 0.193 e. The summed E-state index contributed by atoms with van der Waals surface area (Å²) in [5, 5.41) is 4.02. The molecule has 0 aliphatic carbocycles. The lowest BCUT2D eigenvalue weighted by atomic mass is 10.1. The molecule has 0 amide bonds. The van der Waals surface area contributed by atoms with E-state index in [9.17, 15) is 0 Å². The van der Waals surface area contributed by atoms with Crippen LogP contribution in [0.5, 0.6) is 5.75 Å². The lowest BCUT2D eigenvalue weighted by Gasteiger charge is -2.24. The molecule has 0 radical (unpaired) electrons. The van der Waals surface area contributed by atoms with E-state index in [0.717, 1.165) is 37.9 Å². The average molecular weight is 326 g/mol. The van der Waals surface area contributed by atoms with Gasteiger partial charge in [-0.25, -0.2) is 0 Å².